The fourth-order valence-electron chi connectivity index (χ4n) is 1.36. The quantitative estimate of drug-likeness (QED) is 0.789. The summed E-state index contributed by atoms with van der Waals surface area (Å²) in [6.07, 6.45) is 0. The number of hydrogen-bond acceptors (Lipinski definition) is 1. The lowest BCUT2D eigenvalue weighted by Crippen LogP contribution is -1.98. The molecule has 0 aromatic heterocycles. The summed E-state index contributed by atoms with van der Waals surface area (Å²) in [4.78, 5) is 0. The highest BCUT2D eigenvalue weighted by Gasteiger charge is 2.04. The maximum atomic E-state index is 13.5. The van der Waals surface area contributed by atoms with E-state index in [0.717, 1.165) is 4.47 Å². The summed E-state index contributed by atoms with van der Waals surface area (Å²) < 4.78 is 19.9. The third-order valence-electron chi connectivity index (χ3n) is 2.21. The van der Waals surface area contributed by atoms with Gasteiger partial charge in [0.25, 0.3) is 0 Å². The van der Waals surface area contributed by atoms with Crippen molar-refractivity contribution in [1.82, 2.24) is 0 Å². The molecule has 4 heteroatoms. The monoisotopic (exact) mass is 314 g/mol. The number of ether oxygens (including phenoxy) is 1. The Morgan fingerprint density at radius 3 is 2.71 bits per heavy atom. The summed E-state index contributed by atoms with van der Waals surface area (Å²) in [6.45, 7) is 0.180. The van der Waals surface area contributed by atoms with Crippen molar-refractivity contribution < 1.29 is 9.13 Å². The smallest absolute Gasteiger partial charge is 0.131 e. The van der Waals surface area contributed by atoms with Crippen molar-refractivity contribution in [3.8, 4) is 5.75 Å². The lowest BCUT2D eigenvalue weighted by Gasteiger charge is -2.07. The largest absolute Gasteiger partial charge is 0.489 e. The maximum Gasteiger partial charge on any atom is 0.131 e. The van der Waals surface area contributed by atoms with Crippen LogP contribution in [-0.2, 0) is 6.61 Å². The molecule has 0 N–H and O–H groups in total. The molecule has 0 fully saturated rings. The molecular formula is C13H9BrClFO. The van der Waals surface area contributed by atoms with Gasteiger partial charge in [-0.15, -0.1) is 0 Å². The Morgan fingerprint density at radius 2 is 2.00 bits per heavy atom. The van der Waals surface area contributed by atoms with Crippen LogP contribution >= 0.6 is 27.5 Å². The Labute approximate surface area is 112 Å². The normalized spacial score (nSPS) is 10.3. The van der Waals surface area contributed by atoms with Crippen molar-refractivity contribution >= 4 is 27.5 Å². The number of halogens is 3. The Morgan fingerprint density at radius 1 is 1.18 bits per heavy atom. The molecule has 0 atom stereocenters. The summed E-state index contributed by atoms with van der Waals surface area (Å²) in [5, 5.41) is 0.383. The first-order valence-corrected chi connectivity index (χ1v) is 6.14. The molecule has 0 amide bonds. The average Bonchev–Trinajstić information content (AvgIpc) is 2.28. The molecule has 2 aromatic rings. The Bertz CT molecular complexity index is 531. The molecule has 0 saturated heterocycles. The lowest BCUT2D eigenvalue weighted by molar-refractivity contribution is 0.299. The predicted molar refractivity (Wildman–Crippen MR) is 69.9 cm³/mol. The second kappa shape index (κ2) is 5.52. The highest BCUT2D eigenvalue weighted by Crippen LogP contribution is 2.20. The molecule has 0 heterocycles. The first-order valence-electron chi connectivity index (χ1n) is 4.97. The van der Waals surface area contributed by atoms with Crippen LogP contribution in [0.4, 0.5) is 4.39 Å². The lowest BCUT2D eigenvalue weighted by atomic mass is 10.2. The Hall–Kier alpha value is -1.06. The molecule has 0 radical (unpaired) electrons. The number of benzene rings is 2. The van der Waals surface area contributed by atoms with Gasteiger partial charge in [-0.2, -0.15) is 0 Å². The summed E-state index contributed by atoms with van der Waals surface area (Å²) in [6, 6.07) is 11.9. The van der Waals surface area contributed by atoms with Gasteiger partial charge in [-0.3, -0.25) is 0 Å². The standard InChI is InChI=1S/C13H9BrClFO/c14-10-2-1-3-12(6-10)17-8-9-4-5-11(15)7-13(9)16/h1-7H,8H2. The minimum absolute atomic E-state index is 0.180. The maximum absolute atomic E-state index is 13.5. The number of rotatable bonds is 3. The van der Waals surface area contributed by atoms with Crippen molar-refractivity contribution in [2.24, 2.45) is 0 Å². The first kappa shape index (κ1) is 12.4. The third kappa shape index (κ3) is 3.45. The highest BCUT2D eigenvalue weighted by molar-refractivity contribution is 9.10. The topological polar surface area (TPSA) is 9.23 Å². The van der Waals surface area contributed by atoms with Gasteiger partial charge < -0.3 is 4.74 Å². The Balaban J connectivity index is 2.07. The molecule has 88 valence electrons. The predicted octanol–water partition coefficient (Wildman–Crippen LogP) is 4.82. The SMILES string of the molecule is Fc1cc(Cl)ccc1COc1cccc(Br)c1. The minimum Gasteiger partial charge on any atom is -0.489 e. The molecular weight excluding hydrogens is 306 g/mol. The van der Waals surface area contributed by atoms with Gasteiger partial charge in [-0.25, -0.2) is 4.39 Å². The Kier molecular flexibility index (Phi) is 4.02. The van der Waals surface area contributed by atoms with Crippen LogP contribution in [-0.4, -0.2) is 0 Å². The zero-order chi connectivity index (χ0) is 12.3. The van der Waals surface area contributed by atoms with Gasteiger partial charge >= 0.3 is 0 Å². The van der Waals surface area contributed by atoms with Crippen LogP contribution < -0.4 is 4.74 Å². The van der Waals surface area contributed by atoms with Crippen molar-refractivity contribution in [3.63, 3.8) is 0 Å². The molecule has 2 aromatic carbocycles. The van der Waals surface area contributed by atoms with Crippen LogP contribution in [0.25, 0.3) is 0 Å². The minimum atomic E-state index is -0.354. The molecule has 17 heavy (non-hydrogen) atoms. The third-order valence-corrected chi connectivity index (χ3v) is 2.93. The van der Waals surface area contributed by atoms with Crippen LogP contribution in [0.15, 0.2) is 46.9 Å². The van der Waals surface area contributed by atoms with Crippen molar-refractivity contribution in [3.05, 3.63) is 63.3 Å². The van der Waals surface area contributed by atoms with E-state index in [4.69, 9.17) is 16.3 Å². The van der Waals surface area contributed by atoms with Crippen molar-refractivity contribution in [2.75, 3.05) is 0 Å². The second-order valence-corrected chi connectivity index (χ2v) is 4.83. The van der Waals surface area contributed by atoms with Crippen LogP contribution in [0.3, 0.4) is 0 Å². The van der Waals surface area contributed by atoms with E-state index < -0.39 is 0 Å². The average molecular weight is 316 g/mol. The second-order valence-electron chi connectivity index (χ2n) is 3.48. The van der Waals surface area contributed by atoms with Gasteiger partial charge in [0, 0.05) is 15.1 Å². The van der Waals surface area contributed by atoms with Gasteiger partial charge in [0.15, 0.2) is 0 Å². The van der Waals surface area contributed by atoms with E-state index in [2.05, 4.69) is 15.9 Å². The van der Waals surface area contributed by atoms with E-state index >= 15 is 0 Å². The van der Waals surface area contributed by atoms with Crippen LogP contribution in [0.2, 0.25) is 5.02 Å². The number of hydrogen-bond donors (Lipinski definition) is 0. The van der Waals surface area contributed by atoms with Crippen LogP contribution in [0.1, 0.15) is 5.56 Å². The molecule has 0 unspecified atom stereocenters. The summed E-state index contributed by atoms with van der Waals surface area (Å²) in [7, 11) is 0. The first-order chi connectivity index (χ1) is 8.15. The zero-order valence-electron chi connectivity index (χ0n) is 8.79. The molecule has 0 saturated carbocycles. The van der Waals surface area contributed by atoms with Crippen molar-refractivity contribution in [2.45, 2.75) is 6.61 Å². The molecule has 0 bridgehead atoms. The van der Waals surface area contributed by atoms with Crippen LogP contribution in [0, 0.1) is 5.82 Å². The van der Waals surface area contributed by atoms with E-state index in [0.29, 0.717) is 16.3 Å². The molecule has 0 aliphatic rings. The summed E-state index contributed by atoms with van der Waals surface area (Å²) >= 11 is 9.01. The summed E-state index contributed by atoms with van der Waals surface area (Å²) in [5.74, 6) is 0.334. The fourth-order valence-corrected chi connectivity index (χ4v) is 1.89. The highest BCUT2D eigenvalue weighted by atomic mass is 79.9. The molecule has 0 spiro atoms. The van der Waals surface area contributed by atoms with E-state index in [1.54, 1.807) is 12.1 Å². The van der Waals surface area contributed by atoms with Gasteiger partial charge in [0.2, 0.25) is 0 Å². The zero-order valence-corrected chi connectivity index (χ0v) is 11.1. The van der Waals surface area contributed by atoms with Gasteiger partial charge in [0.05, 0.1) is 0 Å². The summed E-state index contributed by atoms with van der Waals surface area (Å²) in [5.41, 5.74) is 0.481. The molecule has 1 nitrogen and oxygen atoms in total. The fraction of sp³-hybridized carbons (Fsp3) is 0.0769. The van der Waals surface area contributed by atoms with Gasteiger partial charge in [-0.05, 0) is 30.3 Å². The van der Waals surface area contributed by atoms with E-state index in [-0.39, 0.29) is 12.4 Å². The van der Waals surface area contributed by atoms with Gasteiger partial charge in [-0.1, -0.05) is 39.7 Å². The molecule has 2 rings (SSSR count). The van der Waals surface area contributed by atoms with E-state index in [9.17, 15) is 4.39 Å². The van der Waals surface area contributed by atoms with E-state index in [1.165, 1.54) is 6.07 Å². The van der Waals surface area contributed by atoms with Crippen LogP contribution in [0.5, 0.6) is 5.75 Å². The van der Waals surface area contributed by atoms with Crippen molar-refractivity contribution in [1.29, 1.82) is 0 Å². The van der Waals surface area contributed by atoms with Gasteiger partial charge in [0.1, 0.15) is 18.2 Å². The van der Waals surface area contributed by atoms with E-state index in [1.807, 2.05) is 24.3 Å². The molecule has 0 aliphatic heterocycles. The molecule has 0 aliphatic carbocycles.